The fourth-order valence-electron chi connectivity index (χ4n) is 26.7. The summed E-state index contributed by atoms with van der Waals surface area (Å²) in [6.45, 7) is 3.53. The van der Waals surface area contributed by atoms with Crippen molar-refractivity contribution in [2.75, 3.05) is 13.6 Å². The zero-order valence-corrected chi connectivity index (χ0v) is 38.7. The molecule has 1 nitrogen and oxygen atoms in total. The second-order valence-corrected chi connectivity index (χ2v) is 27.5. The van der Waals surface area contributed by atoms with Crippen LogP contribution in [0.1, 0.15) is 74.1 Å². The van der Waals surface area contributed by atoms with Crippen LogP contribution in [0, 0.1) is 0 Å². The van der Waals surface area contributed by atoms with Gasteiger partial charge in [-0.15, -0.1) is 0 Å². The molecule has 312 valence electrons. The molecule has 72 heavy (non-hydrogen) atoms. The highest BCUT2D eigenvalue weighted by molar-refractivity contribution is 6.82. The topological polar surface area (TPSA) is 3.24 Å². The predicted octanol–water partition coefficient (Wildman–Crippen LogP) is 19.4. The van der Waals surface area contributed by atoms with E-state index in [2.05, 4.69) is 18.9 Å². The highest BCUT2D eigenvalue weighted by atomic mass is 15.2. The highest BCUT2D eigenvalue weighted by Crippen LogP contribution is 2.86. The van der Waals surface area contributed by atoms with Gasteiger partial charge in [-0.05, 0) is 327 Å². The molecule has 0 bridgehead atoms. The van der Waals surface area contributed by atoms with E-state index in [9.17, 15) is 0 Å². The molecule has 2 spiro atoms. The quantitative estimate of drug-likeness (QED) is 0.114. The van der Waals surface area contributed by atoms with E-state index in [1.165, 1.54) is 44.9 Å². The smallest absolute Gasteiger partial charge is 0.0533 e. The third kappa shape index (κ3) is 1.56. The van der Waals surface area contributed by atoms with Gasteiger partial charge in [0.25, 0.3) is 0 Å². The number of benzene rings is 18. The maximum absolute atomic E-state index is 3.05. The van der Waals surface area contributed by atoms with E-state index in [1.807, 2.05) is 22.3 Å². The van der Waals surface area contributed by atoms with Gasteiger partial charge in [-0.1, -0.05) is 45.4 Å². The Kier molecular flexibility index (Phi) is 2.64. The van der Waals surface area contributed by atoms with Crippen LogP contribution in [0.15, 0.2) is 0 Å². The third-order valence-electron chi connectivity index (χ3n) is 26.9. The van der Waals surface area contributed by atoms with E-state index in [0.29, 0.717) is 6.04 Å². The van der Waals surface area contributed by atoms with Gasteiger partial charge in [-0.3, -0.25) is 0 Å². The van der Waals surface area contributed by atoms with Crippen LogP contribution >= 0.6 is 0 Å². The van der Waals surface area contributed by atoms with Crippen LogP contribution in [0.5, 0.6) is 0 Å². The van der Waals surface area contributed by atoms with Gasteiger partial charge >= 0.3 is 0 Å². The van der Waals surface area contributed by atoms with Gasteiger partial charge in [0, 0.05) is 12.6 Å². The molecule has 1 atom stereocenters. The number of unbranched alkanes of at least 4 members (excludes halogenated alkanes) is 5. The summed E-state index contributed by atoms with van der Waals surface area (Å²) in [5.41, 5.74) is 7.12. The van der Waals surface area contributed by atoms with E-state index in [0.717, 1.165) is 6.54 Å². The van der Waals surface area contributed by atoms with Crippen LogP contribution in [-0.4, -0.2) is 24.5 Å². The summed E-state index contributed by atoms with van der Waals surface area (Å²) in [6.07, 6.45) is 9.46. The molecule has 1 heteroatoms. The van der Waals surface area contributed by atoms with E-state index in [1.54, 1.807) is 291 Å². The van der Waals surface area contributed by atoms with Crippen LogP contribution in [0.2, 0.25) is 0 Å². The summed E-state index contributed by atoms with van der Waals surface area (Å²) in [4.78, 5) is 3.05. The Bertz CT molecular complexity index is 6960. The highest BCUT2D eigenvalue weighted by Gasteiger charge is 2.75. The number of nitrogens with zero attached hydrogens (tertiary/aromatic N) is 1. The van der Waals surface area contributed by atoms with Crippen molar-refractivity contribution in [2.24, 2.45) is 0 Å². The average Bonchev–Trinajstić information content (AvgIpc) is 4.42. The first-order valence-electron chi connectivity index (χ1n) is 28.3. The first-order chi connectivity index (χ1) is 35.8. The molecule has 28 aromatic rings. The Balaban J connectivity index is 1.10. The maximum Gasteiger partial charge on any atom is 0.0533 e. The van der Waals surface area contributed by atoms with Crippen molar-refractivity contribution in [1.29, 1.82) is 0 Å². The molecule has 0 radical (unpaired) electrons. The average molecular weight is 890 g/mol. The maximum atomic E-state index is 3.05. The Labute approximate surface area is 398 Å². The summed E-state index contributed by atoms with van der Waals surface area (Å²) in [7, 11) is 2.65. The second kappa shape index (κ2) is 6.67. The minimum Gasteiger partial charge on any atom is -0.301 e. The lowest BCUT2D eigenvalue weighted by atomic mass is 9.48. The first kappa shape index (κ1) is 28.5. The van der Waals surface area contributed by atoms with Crippen LogP contribution in [-0.2, 0) is 10.8 Å². The van der Waals surface area contributed by atoms with Crippen LogP contribution in [0.3, 0.4) is 0 Å². The second-order valence-electron chi connectivity index (χ2n) is 27.5. The molecule has 0 saturated carbocycles. The summed E-state index contributed by atoms with van der Waals surface area (Å²) >= 11 is 0. The van der Waals surface area contributed by atoms with Crippen molar-refractivity contribution in [3.8, 4) is 0 Å². The Morgan fingerprint density at radius 2 is 0.458 bits per heavy atom. The molecule has 33 rings (SSSR count). The first-order valence-corrected chi connectivity index (χ1v) is 28.3. The summed E-state index contributed by atoms with van der Waals surface area (Å²) < 4.78 is 0. The number of rotatable bonds is 7. The molecule has 1 saturated heterocycles. The SMILES string of the molecule is CCCCCCCCC1N(C)CC23c4c5c6c7c8c9c(c%10c%11c2c2c4c4c%12c5c5c6c6c8c8c%13c9c9c%10c%10c%11c%11c2c2c4c4c%12c%12c5c5c6c8c6c8c%13c9c9c%10c%10c%11c2c2c4c4c%12c5c6c5c8c9c%10c2c45)C713. The molecular weight excluding hydrogens is 867 g/mol. The number of likely N-dealkylation sites (tertiary alicyclic amines) is 1. The Morgan fingerprint density at radius 3 is 0.694 bits per heavy atom. The van der Waals surface area contributed by atoms with Gasteiger partial charge < -0.3 is 4.90 Å². The van der Waals surface area contributed by atoms with Crippen molar-refractivity contribution in [2.45, 2.75) is 68.7 Å². The van der Waals surface area contributed by atoms with Gasteiger partial charge in [0.2, 0.25) is 0 Å². The van der Waals surface area contributed by atoms with E-state index < -0.39 is 0 Å². The zero-order chi connectivity index (χ0) is 43.3. The minimum atomic E-state index is -0.142. The van der Waals surface area contributed by atoms with Gasteiger partial charge in [0.15, 0.2) is 0 Å². The van der Waals surface area contributed by atoms with Crippen molar-refractivity contribution in [3.05, 3.63) is 22.3 Å². The molecular formula is C71H23N. The van der Waals surface area contributed by atoms with Gasteiger partial charge in [-0.2, -0.15) is 0 Å². The van der Waals surface area contributed by atoms with Crippen molar-refractivity contribution >= 4 is 291 Å². The molecule has 1 heterocycles. The summed E-state index contributed by atoms with van der Waals surface area (Å²) in [5.74, 6) is 0. The lowest BCUT2D eigenvalue weighted by Gasteiger charge is -2.52. The van der Waals surface area contributed by atoms with Gasteiger partial charge in [-0.25, -0.2) is 0 Å². The Hall–Kier alpha value is -7.58. The number of hydrogen-bond donors (Lipinski definition) is 0. The molecule has 1 unspecified atom stereocenters. The monoisotopic (exact) mass is 889 g/mol. The number of hydrogen-bond acceptors (Lipinski definition) is 1. The molecule has 0 amide bonds. The summed E-state index contributed by atoms with van der Waals surface area (Å²) in [5, 5.41) is 92.3. The lowest BCUT2D eigenvalue weighted by molar-refractivity contribution is 0.244. The fourth-order valence-corrected chi connectivity index (χ4v) is 26.7. The molecule has 0 aromatic heterocycles. The molecule has 0 N–H and O–H groups in total. The van der Waals surface area contributed by atoms with Gasteiger partial charge in [0.1, 0.15) is 0 Å². The van der Waals surface area contributed by atoms with E-state index in [4.69, 9.17) is 0 Å². The van der Waals surface area contributed by atoms with E-state index in [-0.39, 0.29) is 10.8 Å². The van der Waals surface area contributed by atoms with E-state index >= 15 is 0 Å². The largest absolute Gasteiger partial charge is 0.301 e. The zero-order valence-electron chi connectivity index (χ0n) is 38.7. The van der Waals surface area contributed by atoms with Crippen LogP contribution in [0.4, 0.5) is 0 Å². The van der Waals surface area contributed by atoms with Gasteiger partial charge in [0.05, 0.1) is 10.8 Å². The molecule has 1 aliphatic heterocycles. The predicted molar refractivity (Wildman–Crippen MR) is 308 cm³/mol. The molecule has 5 aliphatic rings. The molecule has 4 aliphatic carbocycles. The lowest BCUT2D eigenvalue weighted by Crippen LogP contribution is -2.54. The minimum absolute atomic E-state index is 0.139. The van der Waals surface area contributed by atoms with Crippen molar-refractivity contribution < 1.29 is 0 Å². The summed E-state index contributed by atoms with van der Waals surface area (Å²) in [6, 6.07) is 0.444. The number of likely N-dealkylation sites (N-methyl/N-ethyl adjacent to an activating group) is 1. The van der Waals surface area contributed by atoms with Crippen molar-refractivity contribution in [3.63, 3.8) is 0 Å². The Morgan fingerprint density at radius 1 is 0.264 bits per heavy atom. The molecule has 1 fully saturated rings. The van der Waals surface area contributed by atoms with Crippen LogP contribution in [0.25, 0.3) is 291 Å². The third-order valence-corrected chi connectivity index (χ3v) is 26.9. The standard InChI is InChI=1S/C71H23N/c1-3-4-5-6-7-8-9-11-71-68-62-56-46-34-26-18-14-12-13-16-20(18)28(34)38-32-24(16)25-17(13)21-19-15(12)23-22(14)30-36(26)44-50-40(30)41-31(23)37-27(19)35-29(21)39-33(25)43-42(32)54(48(38)56)64(68)65-55(43)49(39)57-47(35)53-45(37)51(41)59-58(50)66(60(62)52(44)46)70(71,10-72(11)2)67(59)61(53)63(57)69(65)71/h11H,3-10H2,1-2H3. The van der Waals surface area contributed by atoms with Crippen LogP contribution < -0.4 is 0 Å². The fraction of sp³-hybridized carbons (Fsp3) is 0.183. The normalized spacial score (nSPS) is 23.7. The van der Waals surface area contributed by atoms with Crippen molar-refractivity contribution in [1.82, 2.24) is 4.90 Å². The molecule has 28 aromatic carbocycles.